The molecule has 0 aromatic carbocycles. The smallest absolute Gasteiger partial charge is 0.147 e. The SMILES string of the molecule is CS(=O)(=O)CCCNCC1CCCCC1CO. The predicted octanol–water partition coefficient (Wildman–Crippen LogP) is 0.809. The number of hydrogen-bond donors (Lipinski definition) is 2. The molecule has 102 valence electrons. The molecule has 0 aromatic heterocycles. The van der Waals surface area contributed by atoms with E-state index >= 15 is 0 Å². The Labute approximate surface area is 105 Å². The first-order valence-electron chi connectivity index (χ1n) is 6.52. The van der Waals surface area contributed by atoms with Crippen molar-refractivity contribution in [2.45, 2.75) is 32.1 Å². The number of rotatable bonds is 7. The Hall–Kier alpha value is -0.130. The summed E-state index contributed by atoms with van der Waals surface area (Å²) < 4.78 is 21.9. The maximum absolute atomic E-state index is 10.9. The Balaban J connectivity index is 2.12. The number of aliphatic hydroxyl groups is 1. The molecule has 0 spiro atoms. The molecule has 2 atom stereocenters. The number of aliphatic hydroxyl groups excluding tert-OH is 1. The van der Waals surface area contributed by atoms with Gasteiger partial charge in [0.1, 0.15) is 9.84 Å². The van der Waals surface area contributed by atoms with Crippen LogP contribution in [0, 0.1) is 11.8 Å². The number of sulfone groups is 1. The maximum atomic E-state index is 10.9. The van der Waals surface area contributed by atoms with E-state index in [-0.39, 0.29) is 12.4 Å². The van der Waals surface area contributed by atoms with E-state index in [1.54, 1.807) is 0 Å². The van der Waals surface area contributed by atoms with Crippen LogP contribution < -0.4 is 5.32 Å². The van der Waals surface area contributed by atoms with Crippen molar-refractivity contribution < 1.29 is 13.5 Å². The van der Waals surface area contributed by atoms with Gasteiger partial charge in [-0.15, -0.1) is 0 Å². The first-order chi connectivity index (χ1) is 8.03. The fraction of sp³-hybridized carbons (Fsp3) is 1.00. The maximum Gasteiger partial charge on any atom is 0.147 e. The van der Waals surface area contributed by atoms with Crippen molar-refractivity contribution in [2.24, 2.45) is 11.8 Å². The van der Waals surface area contributed by atoms with Crippen LogP contribution >= 0.6 is 0 Å². The van der Waals surface area contributed by atoms with Gasteiger partial charge in [-0.05, 0) is 44.2 Å². The summed E-state index contributed by atoms with van der Waals surface area (Å²) in [4.78, 5) is 0. The average Bonchev–Trinajstić information content (AvgIpc) is 2.27. The van der Waals surface area contributed by atoms with E-state index < -0.39 is 9.84 Å². The standard InChI is InChI=1S/C12H25NO3S/c1-17(15,16)8-4-7-13-9-11-5-2-3-6-12(11)10-14/h11-14H,2-10H2,1H3. The van der Waals surface area contributed by atoms with Gasteiger partial charge in [0.25, 0.3) is 0 Å². The molecule has 0 amide bonds. The topological polar surface area (TPSA) is 66.4 Å². The van der Waals surface area contributed by atoms with Crippen molar-refractivity contribution >= 4 is 9.84 Å². The monoisotopic (exact) mass is 263 g/mol. The van der Waals surface area contributed by atoms with Crippen LogP contribution in [0.25, 0.3) is 0 Å². The molecule has 0 heterocycles. The molecule has 0 bridgehead atoms. The fourth-order valence-corrected chi connectivity index (χ4v) is 3.21. The predicted molar refractivity (Wildman–Crippen MR) is 69.7 cm³/mol. The molecule has 0 aliphatic heterocycles. The van der Waals surface area contributed by atoms with E-state index in [1.807, 2.05) is 0 Å². The first-order valence-corrected chi connectivity index (χ1v) is 8.58. The summed E-state index contributed by atoms with van der Waals surface area (Å²) in [6, 6.07) is 0. The molecule has 4 nitrogen and oxygen atoms in total. The van der Waals surface area contributed by atoms with Crippen LogP contribution in [0.3, 0.4) is 0 Å². The zero-order valence-electron chi connectivity index (χ0n) is 10.7. The summed E-state index contributed by atoms with van der Waals surface area (Å²) >= 11 is 0. The van der Waals surface area contributed by atoms with Crippen LogP contribution in [0.1, 0.15) is 32.1 Å². The van der Waals surface area contributed by atoms with Crippen molar-refractivity contribution in [3.05, 3.63) is 0 Å². The van der Waals surface area contributed by atoms with Crippen LogP contribution in [0.4, 0.5) is 0 Å². The van der Waals surface area contributed by atoms with Crippen molar-refractivity contribution in [1.82, 2.24) is 5.32 Å². The molecule has 17 heavy (non-hydrogen) atoms. The molecule has 1 aliphatic rings. The Bertz CT molecular complexity index is 303. The summed E-state index contributed by atoms with van der Waals surface area (Å²) in [6.07, 6.45) is 6.75. The van der Waals surface area contributed by atoms with Crippen molar-refractivity contribution in [2.75, 3.05) is 31.7 Å². The van der Waals surface area contributed by atoms with Gasteiger partial charge in [0.15, 0.2) is 0 Å². The van der Waals surface area contributed by atoms with Crippen molar-refractivity contribution in [3.63, 3.8) is 0 Å². The second kappa shape index (κ2) is 7.34. The van der Waals surface area contributed by atoms with Gasteiger partial charge in [0.05, 0.1) is 5.75 Å². The molecule has 0 saturated heterocycles. The van der Waals surface area contributed by atoms with Gasteiger partial charge in [-0.1, -0.05) is 12.8 Å². The highest BCUT2D eigenvalue weighted by Crippen LogP contribution is 2.28. The van der Waals surface area contributed by atoms with Gasteiger partial charge in [0.2, 0.25) is 0 Å². The lowest BCUT2D eigenvalue weighted by molar-refractivity contribution is 0.133. The Morgan fingerprint density at radius 3 is 2.47 bits per heavy atom. The third-order valence-electron chi connectivity index (χ3n) is 3.58. The lowest BCUT2D eigenvalue weighted by Crippen LogP contribution is -2.33. The molecule has 2 unspecified atom stereocenters. The quantitative estimate of drug-likeness (QED) is 0.667. The lowest BCUT2D eigenvalue weighted by Gasteiger charge is -2.30. The zero-order chi connectivity index (χ0) is 12.7. The molecule has 2 N–H and O–H groups in total. The van der Waals surface area contributed by atoms with Crippen LogP contribution in [-0.2, 0) is 9.84 Å². The van der Waals surface area contributed by atoms with Crippen molar-refractivity contribution in [3.8, 4) is 0 Å². The Morgan fingerprint density at radius 1 is 1.24 bits per heavy atom. The molecule has 1 fully saturated rings. The summed E-state index contributed by atoms with van der Waals surface area (Å²) in [7, 11) is -2.82. The Morgan fingerprint density at radius 2 is 1.88 bits per heavy atom. The summed E-state index contributed by atoms with van der Waals surface area (Å²) in [5.74, 6) is 1.26. The number of nitrogens with one attached hydrogen (secondary N) is 1. The zero-order valence-corrected chi connectivity index (χ0v) is 11.5. The number of hydrogen-bond acceptors (Lipinski definition) is 4. The minimum absolute atomic E-state index is 0.258. The van der Waals surface area contributed by atoms with E-state index in [9.17, 15) is 13.5 Å². The van der Waals surface area contributed by atoms with Crippen LogP contribution in [0.2, 0.25) is 0 Å². The third-order valence-corrected chi connectivity index (χ3v) is 4.61. The molecule has 5 heteroatoms. The van der Waals surface area contributed by atoms with Crippen LogP contribution in [-0.4, -0.2) is 45.2 Å². The molecule has 0 radical (unpaired) electrons. The highest BCUT2D eigenvalue weighted by Gasteiger charge is 2.23. The molecular formula is C12H25NO3S. The van der Waals surface area contributed by atoms with Gasteiger partial charge < -0.3 is 10.4 Å². The second-order valence-electron chi connectivity index (χ2n) is 5.17. The van der Waals surface area contributed by atoms with E-state index in [0.29, 0.717) is 18.3 Å². The van der Waals surface area contributed by atoms with Gasteiger partial charge in [-0.3, -0.25) is 0 Å². The Kier molecular flexibility index (Phi) is 6.44. The van der Waals surface area contributed by atoms with Crippen molar-refractivity contribution in [1.29, 1.82) is 0 Å². The van der Waals surface area contributed by atoms with E-state index in [2.05, 4.69) is 5.32 Å². The summed E-state index contributed by atoms with van der Waals surface area (Å²) in [5, 5.41) is 12.6. The first kappa shape index (κ1) is 14.9. The largest absolute Gasteiger partial charge is 0.396 e. The molecular weight excluding hydrogens is 238 g/mol. The van der Waals surface area contributed by atoms with Crippen LogP contribution in [0.5, 0.6) is 0 Å². The molecule has 1 rings (SSSR count). The van der Waals surface area contributed by atoms with Gasteiger partial charge in [0, 0.05) is 12.9 Å². The minimum Gasteiger partial charge on any atom is -0.396 e. The van der Waals surface area contributed by atoms with Gasteiger partial charge in [-0.25, -0.2) is 8.42 Å². The normalized spacial score (nSPS) is 26.0. The second-order valence-corrected chi connectivity index (χ2v) is 7.43. The summed E-state index contributed by atoms with van der Waals surface area (Å²) in [5.41, 5.74) is 0. The van der Waals surface area contributed by atoms with E-state index in [0.717, 1.165) is 19.5 Å². The fourth-order valence-electron chi connectivity index (χ4n) is 2.54. The molecule has 1 saturated carbocycles. The molecule has 0 aromatic rings. The van der Waals surface area contributed by atoms with Gasteiger partial charge >= 0.3 is 0 Å². The third kappa shape index (κ3) is 6.38. The van der Waals surface area contributed by atoms with Crippen LogP contribution in [0.15, 0.2) is 0 Å². The summed E-state index contributed by atoms with van der Waals surface area (Å²) in [6.45, 7) is 1.95. The highest BCUT2D eigenvalue weighted by atomic mass is 32.2. The highest BCUT2D eigenvalue weighted by molar-refractivity contribution is 7.90. The van der Waals surface area contributed by atoms with E-state index in [4.69, 9.17) is 0 Å². The molecule has 1 aliphatic carbocycles. The van der Waals surface area contributed by atoms with E-state index in [1.165, 1.54) is 25.5 Å². The average molecular weight is 263 g/mol. The minimum atomic E-state index is -2.82. The van der Waals surface area contributed by atoms with Gasteiger partial charge in [-0.2, -0.15) is 0 Å². The lowest BCUT2D eigenvalue weighted by atomic mass is 9.79.